The van der Waals surface area contributed by atoms with Gasteiger partial charge in [0.05, 0.1) is 6.61 Å². The molecule has 0 aromatic heterocycles. The van der Waals surface area contributed by atoms with Gasteiger partial charge in [0.15, 0.2) is 0 Å². The molecule has 0 heterocycles. The van der Waals surface area contributed by atoms with Gasteiger partial charge in [-0.25, -0.2) is 4.79 Å². The number of carbonyl (C=O) groups is 1. The van der Waals surface area contributed by atoms with E-state index in [4.69, 9.17) is 10.8 Å². The van der Waals surface area contributed by atoms with Crippen LogP contribution in [0.2, 0.25) is 0 Å². The molecule has 0 amide bonds. The second-order valence-electron chi connectivity index (χ2n) is 3.86. The van der Waals surface area contributed by atoms with Crippen molar-refractivity contribution < 1.29 is 19.4 Å². The number of aliphatic hydroxyl groups is 1. The predicted octanol–water partition coefficient (Wildman–Crippen LogP) is 3.56. The molecule has 0 atom stereocenters. The summed E-state index contributed by atoms with van der Waals surface area (Å²) in [5.41, 5.74) is 9.23. The summed E-state index contributed by atoms with van der Waals surface area (Å²) < 4.78 is 8.46. The first-order valence-corrected chi connectivity index (χ1v) is 7.75. The van der Waals surface area contributed by atoms with Crippen LogP contribution in [0.1, 0.15) is 59.3 Å². The van der Waals surface area contributed by atoms with E-state index in [1.807, 2.05) is 0 Å². The first kappa shape index (κ1) is 24.8. The molecule has 0 unspecified atom stereocenters. The van der Waals surface area contributed by atoms with Crippen LogP contribution in [0.3, 0.4) is 0 Å². The van der Waals surface area contributed by atoms with Gasteiger partial charge in [-0.2, -0.15) is 0 Å². The number of ether oxygens (including phenoxy) is 2. The Balaban J connectivity index is -0.000000249. The SMILES string of the molecule is CCCCCCCC.CCOC(=O)OC(N)=S.NC(O)=S. The topological polar surface area (TPSA) is 108 Å². The maximum Gasteiger partial charge on any atom is 0.515 e. The summed E-state index contributed by atoms with van der Waals surface area (Å²) in [6.07, 6.45) is 7.63. The average Bonchev–Trinajstić information content (AvgIpc) is 2.34. The first-order chi connectivity index (χ1) is 9.81. The minimum absolute atomic E-state index is 0.251. The molecule has 0 radical (unpaired) electrons. The molecular weight excluding hydrogens is 312 g/mol. The molecule has 5 N–H and O–H groups in total. The standard InChI is InChI=1S/C8H18.C4H7NO3S.CH3NOS/c1-3-5-7-8-6-4-2;1-2-7-4(6)8-3(5)9;2-1(3)4/h3-8H2,1-2H3;2H2,1H3,(H2,5,9);(H3,2,3,4). The fraction of sp³-hybridized carbons (Fsp3) is 0.769. The highest BCUT2D eigenvalue weighted by Crippen LogP contribution is 2.03. The van der Waals surface area contributed by atoms with E-state index >= 15 is 0 Å². The van der Waals surface area contributed by atoms with Gasteiger partial charge in [-0.1, -0.05) is 52.4 Å². The molecule has 0 bridgehead atoms. The summed E-state index contributed by atoms with van der Waals surface area (Å²) in [6, 6.07) is 0. The van der Waals surface area contributed by atoms with E-state index in [0.29, 0.717) is 0 Å². The van der Waals surface area contributed by atoms with Crippen molar-refractivity contribution >= 4 is 40.9 Å². The van der Waals surface area contributed by atoms with Gasteiger partial charge in [-0.15, -0.1) is 0 Å². The third-order valence-electron chi connectivity index (χ3n) is 1.90. The monoisotopic (exact) mass is 340 g/mol. The summed E-state index contributed by atoms with van der Waals surface area (Å²) in [7, 11) is 0. The normalized spacial score (nSPS) is 8.33. The lowest BCUT2D eigenvalue weighted by atomic mass is 10.1. The van der Waals surface area contributed by atoms with E-state index in [2.05, 4.69) is 53.5 Å². The summed E-state index contributed by atoms with van der Waals surface area (Å²) in [4.78, 5) is 10.2. The van der Waals surface area contributed by atoms with Gasteiger partial charge in [-0.05, 0) is 31.4 Å². The third kappa shape index (κ3) is 45.5. The largest absolute Gasteiger partial charge is 0.515 e. The smallest absolute Gasteiger partial charge is 0.487 e. The Morgan fingerprint density at radius 2 is 1.38 bits per heavy atom. The van der Waals surface area contributed by atoms with Crippen molar-refractivity contribution in [1.29, 1.82) is 0 Å². The summed E-state index contributed by atoms with van der Waals surface area (Å²) >= 11 is 8.11. The molecule has 0 rings (SSSR count). The lowest BCUT2D eigenvalue weighted by molar-refractivity contribution is 0.101. The van der Waals surface area contributed by atoms with E-state index in [1.54, 1.807) is 6.92 Å². The fourth-order valence-corrected chi connectivity index (χ4v) is 1.15. The molecule has 0 aromatic rings. The van der Waals surface area contributed by atoms with Crippen molar-refractivity contribution in [2.24, 2.45) is 11.5 Å². The van der Waals surface area contributed by atoms with Crippen LogP contribution in [-0.2, 0) is 9.47 Å². The first-order valence-electron chi connectivity index (χ1n) is 6.94. The van der Waals surface area contributed by atoms with Crippen LogP contribution in [0, 0.1) is 0 Å². The van der Waals surface area contributed by atoms with Gasteiger partial charge >= 0.3 is 6.16 Å². The molecule has 0 aliphatic carbocycles. The number of nitrogens with two attached hydrogens (primary N) is 2. The van der Waals surface area contributed by atoms with Crippen LogP contribution in [0.25, 0.3) is 0 Å². The number of hydrogen-bond acceptors (Lipinski definition) is 5. The Labute approximate surface area is 138 Å². The van der Waals surface area contributed by atoms with Gasteiger partial charge in [-0.3, -0.25) is 0 Å². The number of carbonyl (C=O) groups excluding carboxylic acids is 1. The fourth-order valence-electron chi connectivity index (χ4n) is 1.08. The predicted molar refractivity (Wildman–Crippen MR) is 93.4 cm³/mol. The van der Waals surface area contributed by atoms with Crippen molar-refractivity contribution in [3.05, 3.63) is 0 Å². The maximum absolute atomic E-state index is 10.2. The summed E-state index contributed by atoms with van der Waals surface area (Å²) in [5.74, 6) is 0. The second kappa shape index (κ2) is 21.2. The number of hydrogen-bond donors (Lipinski definition) is 3. The van der Waals surface area contributed by atoms with Crippen LogP contribution < -0.4 is 11.5 Å². The molecule has 0 fully saturated rings. The van der Waals surface area contributed by atoms with Crippen molar-refractivity contribution in [2.45, 2.75) is 59.3 Å². The van der Waals surface area contributed by atoms with Crippen LogP contribution in [0.15, 0.2) is 0 Å². The minimum atomic E-state index is -0.856. The zero-order valence-electron chi connectivity index (χ0n) is 13.1. The zero-order valence-corrected chi connectivity index (χ0v) is 14.7. The Morgan fingerprint density at radius 3 is 1.62 bits per heavy atom. The highest BCUT2D eigenvalue weighted by Gasteiger charge is 2.01. The molecule has 0 aliphatic heterocycles. The highest BCUT2D eigenvalue weighted by molar-refractivity contribution is 7.80. The molecule has 8 heteroatoms. The van der Waals surface area contributed by atoms with E-state index in [0.717, 1.165) is 0 Å². The molecule has 21 heavy (non-hydrogen) atoms. The van der Waals surface area contributed by atoms with Gasteiger partial charge in [0, 0.05) is 0 Å². The average molecular weight is 341 g/mol. The Kier molecular flexibility index (Phi) is 25.0. The molecular formula is C13H28N2O4S2. The molecule has 0 aromatic carbocycles. The Hall–Kier alpha value is -1.15. The molecule has 126 valence electrons. The lowest BCUT2D eigenvalue weighted by Gasteiger charge is -1.98. The van der Waals surface area contributed by atoms with Gasteiger partial charge in [0.1, 0.15) is 0 Å². The zero-order chi connectivity index (χ0) is 17.1. The van der Waals surface area contributed by atoms with E-state index in [9.17, 15) is 4.79 Å². The lowest BCUT2D eigenvalue weighted by Crippen LogP contribution is -2.18. The van der Waals surface area contributed by atoms with Crippen molar-refractivity contribution in [3.8, 4) is 0 Å². The molecule has 0 saturated carbocycles. The highest BCUT2D eigenvalue weighted by atomic mass is 32.1. The number of rotatable bonds is 6. The second-order valence-corrected chi connectivity index (χ2v) is 4.68. The molecule has 0 saturated heterocycles. The Morgan fingerprint density at radius 1 is 1.00 bits per heavy atom. The number of unbranched alkanes of at least 4 members (excludes halogenated alkanes) is 5. The van der Waals surface area contributed by atoms with E-state index < -0.39 is 11.3 Å². The number of aliphatic hydroxyl groups excluding tert-OH is 1. The molecule has 6 nitrogen and oxygen atoms in total. The van der Waals surface area contributed by atoms with Gasteiger partial charge in [0.2, 0.25) is 0 Å². The van der Waals surface area contributed by atoms with E-state index in [-0.39, 0.29) is 11.8 Å². The van der Waals surface area contributed by atoms with Gasteiger partial charge in [0.25, 0.3) is 10.3 Å². The summed E-state index contributed by atoms with van der Waals surface area (Å²) in [6.45, 7) is 6.42. The van der Waals surface area contributed by atoms with Crippen molar-refractivity contribution in [2.75, 3.05) is 6.61 Å². The minimum Gasteiger partial charge on any atom is -0.487 e. The third-order valence-corrected chi connectivity index (χ3v) is 1.99. The molecule has 0 spiro atoms. The van der Waals surface area contributed by atoms with Crippen LogP contribution in [0.5, 0.6) is 0 Å². The van der Waals surface area contributed by atoms with Crippen molar-refractivity contribution in [1.82, 2.24) is 0 Å². The van der Waals surface area contributed by atoms with Crippen LogP contribution in [0.4, 0.5) is 4.79 Å². The van der Waals surface area contributed by atoms with Crippen LogP contribution >= 0.6 is 24.4 Å². The number of thiocarbonyl (C=S) groups is 2. The maximum atomic E-state index is 10.2. The van der Waals surface area contributed by atoms with Crippen LogP contribution in [-0.4, -0.2) is 28.2 Å². The quantitative estimate of drug-likeness (QED) is 0.383. The van der Waals surface area contributed by atoms with E-state index in [1.165, 1.54) is 38.5 Å². The molecule has 0 aliphatic rings. The summed E-state index contributed by atoms with van der Waals surface area (Å²) in [5, 5.41) is 6.74. The van der Waals surface area contributed by atoms with Crippen molar-refractivity contribution in [3.63, 3.8) is 0 Å². The van der Waals surface area contributed by atoms with Gasteiger partial charge < -0.3 is 26.0 Å². The Bertz CT molecular complexity index is 267.